The predicted molar refractivity (Wildman–Crippen MR) is 57.0 cm³/mol. The van der Waals surface area contributed by atoms with E-state index in [4.69, 9.17) is 4.74 Å². The lowest BCUT2D eigenvalue weighted by molar-refractivity contribution is -0.149. The number of aliphatic hydroxyl groups is 1. The molecule has 1 saturated heterocycles. The van der Waals surface area contributed by atoms with Gasteiger partial charge in [-0.15, -0.1) is 0 Å². The molecule has 4 heteroatoms. The van der Waals surface area contributed by atoms with Crippen molar-refractivity contribution in [2.24, 2.45) is 23.2 Å². The van der Waals surface area contributed by atoms with Crippen molar-refractivity contribution in [3.05, 3.63) is 12.2 Å². The van der Waals surface area contributed by atoms with Gasteiger partial charge < -0.3 is 9.84 Å². The Labute approximate surface area is 98.6 Å². The number of aliphatic hydroxyl groups excluding tert-OH is 1. The minimum atomic E-state index is -0.890. The first-order chi connectivity index (χ1) is 8.05. The zero-order chi connectivity index (χ0) is 12.0. The quantitative estimate of drug-likeness (QED) is 0.516. The standard InChI is InChI=1S/C13H14O4/c1-12-9(15)8-6-2-3-7(4-6)13(8,5-14)10(16)11(12)17-12/h2-3,6-8,11,14H,4-5H2,1H3/t6-,7+,8+,11-,12+,13+/m1/s1. The molecule has 6 atom stereocenters. The maximum Gasteiger partial charge on any atom is 0.174 e. The molecular formula is C13H14O4. The van der Waals surface area contributed by atoms with Gasteiger partial charge in [0.25, 0.3) is 0 Å². The van der Waals surface area contributed by atoms with Crippen LogP contribution in [0.4, 0.5) is 0 Å². The SMILES string of the molecule is C[C@@]12O[C@@H]1C(=O)[C@]1(CO)[C@H](C2=O)[C@@H]2C=C[C@H]1C2. The van der Waals surface area contributed by atoms with Crippen molar-refractivity contribution in [1.29, 1.82) is 0 Å². The highest BCUT2D eigenvalue weighted by atomic mass is 16.6. The third-order valence-electron chi connectivity index (χ3n) is 5.30. The number of hydrogen-bond acceptors (Lipinski definition) is 4. The zero-order valence-corrected chi connectivity index (χ0v) is 9.55. The zero-order valence-electron chi connectivity index (χ0n) is 9.55. The summed E-state index contributed by atoms with van der Waals surface area (Å²) in [5.74, 6) is -0.256. The van der Waals surface area contributed by atoms with E-state index in [9.17, 15) is 14.7 Å². The van der Waals surface area contributed by atoms with Crippen molar-refractivity contribution in [2.75, 3.05) is 6.61 Å². The normalized spacial score (nSPS) is 58.2. The van der Waals surface area contributed by atoms with Gasteiger partial charge in [0.2, 0.25) is 0 Å². The topological polar surface area (TPSA) is 66.9 Å². The van der Waals surface area contributed by atoms with Crippen molar-refractivity contribution in [2.45, 2.75) is 25.0 Å². The van der Waals surface area contributed by atoms with Crippen LogP contribution < -0.4 is 0 Å². The number of allylic oxidation sites excluding steroid dienone is 2. The molecule has 1 aliphatic heterocycles. The summed E-state index contributed by atoms with van der Waals surface area (Å²) in [5, 5.41) is 9.72. The molecule has 2 bridgehead atoms. The molecule has 3 aliphatic carbocycles. The van der Waals surface area contributed by atoms with E-state index in [0.29, 0.717) is 0 Å². The Balaban J connectivity index is 1.92. The molecule has 1 heterocycles. The summed E-state index contributed by atoms with van der Waals surface area (Å²) in [6.07, 6.45) is 4.24. The number of ether oxygens (including phenoxy) is 1. The van der Waals surface area contributed by atoms with Crippen LogP contribution in [0.15, 0.2) is 12.2 Å². The molecular weight excluding hydrogens is 220 g/mol. The first kappa shape index (κ1) is 9.97. The van der Waals surface area contributed by atoms with E-state index in [2.05, 4.69) is 0 Å². The molecule has 90 valence electrons. The number of rotatable bonds is 1. The molecule has 0 radical (unpaired) electrons. The van der Waals surface area contributed by atoms with Crippen molar-refractivity contribution < 1.29 is 19.4 Å². The average Bonchev–Trinajstić information content (AvgIpc) is 2.74. The van der Waals surface area contributed by atoms with Gasteiger partial charge in [0.05, 0.1) is 12.0 Å². The summed E-state index contributed by atoms with van der Waals surface area (Å²) in [6.45, 7) is 1.47. The number of hydrogen-bond donors (Lipinski definition) is 1. The molecule has 0 aromatic heterocycles. The highest BCUT2D eigenvalue weighted by Gasteiger charge is 2.78. The molecule has 4 nitrogen and oxygen atoms in total. The molecule has 0 amide bonds. The number of ketones is 2. The van der Waals surface area contributed by atoms with Crippen LogP contribution in [0, 0.1) is 23.2 Å². The van der Waals surface area contributed by atoms with Gasteiger partial charge in [-0.05, 0) is 25.2 Å². The summed E-state index contributed by atoms with van der Waals surface area (Å²) < 4.78 is 5.34. The third kappa shape index (κ3) is 0.808. The maximum absolute atomic E-state index is 12.5. The van der Waals surface area contributed by atoms with Crippen molar-refractivity contribution in [1.82, 2.24) is 0 Å². The number of epoxide rings is 1. The first-order valence-corrected chi connectivity index (χ1v) is 6.11. The molecule has 4 aliphatic rings. The average molecular weight is 234 g/mol. The number of carbonyl (C=O) groups excluding carboxylic acids is 2. The van der Waals surface area contributed by atoms with Crippen LogP contribution in [-0.4, -0.2) is 35.0 Å². The van der Waals surface area contributed by atoms with E-state index < -0.39 is 17.1 Å². The Bertz CT molecular complexity index is 482. The number of Topliss-reactive ketones (excluding diaryl/α,β-unsaturated/α-hetero) is 2. The molecule has 17 heavy (non-hydrogen) atoms. The largest absolute Gasteiger partial charge is 0.395 e. The van der Waals surface area contributed by atoms with Crippen LogP contribution in [0.25, 0.3) is 0 Å². The highest BCUT2D eigenvalue weighted by Crippen LogP contribution is 2.64. The second-order valence-electron chi connectivity index (χ2n) is 5.90. The Hall–Kier alpha value is -1.00. The van der Waals surface area contributed by atoms with E-state index >= 15 is 0 Å². The van der Waals surface area contributed by atoms with Gasteiger partial charge in [-0.25, -0.2) is 0 Å². The second kappa shape index (κ2) is 2.54. The van der Waals surface area contributed by atoms with Crippen LogP contribution in [0.1, 0.15) is 13.3 Å². The van der Waals surface area contributed by atoms with Crippen LogP contribution in [0.3, 0.4) is 0 Å². The van der Waals surface area contributed by atoms with E-state index in [1.54, 1.807) is 6.92 Å². The minimum Gasteiger partial charge on any atom is -0.395 e. The maximum atomic E-state index is 12.5. The van der Waals surface area contributed by atoms with Crippen LogP contribution in [0.2, 0.25) is 0 Å². The summed E-state index contributed by atoms with van der Waals surface area (Å²) in [4.78, 5) is 24.9. The van der Waals surface area contributed by atoms with Crippen LogP contribution >= 0.6 is 0 Å². The van der Waals surface area contributed by atoms with Gasteiger partial charge in [0.1, 0.15) is 0 Å². The first-order valence-electron chi connectivity index (χ1n) is 6.11. The van der Waals surface area contributed by atoms with Gasteiger partial charge in [-0.1, -0.05) is 12.2 Å². The Morgan fingerprint density at radius 3 is 2.88 bits per heavy atom. The summed E-state index contributed by atoms with van der Waals surface area (Å²) in [6, 6.07) is 0. The van der Waals surface area contributed by atoms with Crippen LogP contribution in [-0.2, 0) is 14.3 Å². The molecule has 0 aromatic carbocycles. The molecule has 0 unspecified atom stereocenters. The van der Waals surface area contributed by atoms with E-state index in [0.717, 1.165) is 6.42 Å². The van der Waals surface area contributed by atoms with Gasteiger partial charge in [-0.3, -0.25) is 9.59 Å². The van der Waals surface area contributed by atoms with Crippen molar-refractivity contribution >= 4 is 11.6 Å². The van der Waals surface area contributed by atoms with Gasteiger partial charge in [0.15, 0.2) is 23.3 Å². The highest BCUT2D eigenvalue weighted by molar-refractivity contribution is 6.11. The fourth-order valence-electron chi connectivity index (χ4n) is 4.28. The molecule has 1 N–H and O–H groups in total. The van der Waals surface area contributed by atoms with E-state index in [1.807, 2.05) is 12.2 Å². The smallest absolute Gasteiger partial charge is 0.174 e. The number of fused-ring (bicyclic) bond motifs is 6. The Morgan fingerprint density at radius 1 is 1.41 bits per heavy atom. The lowest BCUT2D eigenvalue weighted by Gasteiger charge is -2.41. The fraction of sp³-hybridized carbons (Fsp3) is 0.692. The number of carbonyl (C=O) groups is 2. The molecule has 0 aromatic rings. The van der Waals surface area contributed by atoms with Gasteiger partial charge in [-0.2, -0.15) is 0 Å². The monoisotopic (exact) mass is 234 g/mol. The van der Waals surface area contributed by atoms with E-state index in [1.165, 1.54) is 0 Å². The lowest BCUT2D eigenvalue weighted by atomic mass is 9.58. The summed E-state index contributed by atoms with van der Waals surface area (Å²) >= 11 is 0. The fourth-order valence-corrected chi connectivity index (χ4v) is 4.28. The Kier molecular flexibility index (Phi) is 1.49. The van der Waals surface area contributed by atoms with Crippen molar-refractivity contribution in [3.63, 3.8) is 0 Å². The van der Waals surface area contributed by atoms with Gasteiger partial charge in [0, 0.05) is 5.92 Å². The minimum absolute atomic E-state index is 0.0210. The van der Waals surface area contributed by atoms with E-state index in [-0.39, 0.29) is 35.9 Å². The summed E-state index contributed by atoms with van der Waals surface area (Å²) in [5.41, 5.74) is -1.77. The van der Waals surface area contributed by atoms with Crippen LogP contribution in [0.5, 0.6) is 0 Å². The summed E-state index contributed by atoms with van der Waals surface area (Å²) in [7, 11) is 0. The lowest BCUT2D eigenvalue weighted by Crippen LogP contribution is -2.57. The predicted octanol–water partition coefficient (Wildman–Crippen LogP) is 0.0965. The Morgan fingerprint density at radius 2 is 2.18 bits per heavy atom. The third-order valence-corrected chi connectivity index (χ3v) is 5.30. The molecule has 0 spiro atoms. The molecule has 3 fully saturated rings. The van der Waals surface area contributed by atoms with Gasteiger partial charge >= 0.3 is 0 Å². The second-order valence-corrected chi connectivity index (χ2v) is 5.90. The molecule has 4 rings (SSSR count). The molecule has 2 saturated carbocycles. The van der Waals surface area contributed by atoms with Crippen molar-refractivity contribution in [3.8, 4) is 0 Å².